The molecule has 4 nitrogen and oxygen atoms in total. The summed E-state index contributed by atoms with van der Waals surface area (Å²) in [5, 5.41) is 7.82. The van der Waals surface area contributed by atoms with Crippen molar-refractivity contribution < 1.29 is 0 Å². The minimum Gasteiger partial charge on any atom is -0.349 e. The fraction of sp³-hybridized carbons (Fsp3) is 0.130. The van der Waals surface area contributed by atoms with Crippen LogP contribution in [0.1, 0.15) is 39.2 Å². The van der Waals surface area contributed by atoms with Crippen molar-refractivity contribution in [2.75, 3.05) is 16.5 Å². The summed E-state index contributed by atoms with van der Waals surface area (Å²) in [5.74, 6) is 1.32. The van der Waals surface area contributed by atoms with Crippen LogP contribution in [0.2, 0.25) is 0 Å². The summed E-state index contributed by atoms with van der Waals surface area (Å²) in [4.78, 5) is 10.1. The lowest BCUT2D eigenvalue weighted by atomic mass is 9.93. The summed E-state index contributed by atoms with van der Waals surface area (Å²) in [7, 11) is -2.96. The normalized spacial score (nSPS) is 12.9. The zero-order valence-electron chi connectivity index (χ0n) is 34.1. The van der Waals surface area contributed by atoms with Crippen molar-refractivity contribution in [3.05, 3.63) is 200 Å². The Bertz CT molecular complexity index is 2910. The predicted molar refractivity (Wildman–Crippen MR) is 253 cm³/mol. The molecule has 10 rings (SSSR count). The van der Waals surface area contributed by atoms with Crippen LogP contribution in [0.15, 0.2) is 194 Å². The molecule has 1 aliphatic heterocycles. The van der Waals surface area contributed by atoms with Crippen LogP contribution in [0.5, 0.6) is 0 Å². The van der Waals surface area contributed by atoms with Gasteiger partial charge in [0, 0.05) is 28.7 Å². The highest BCUT2D eigenvalue weighted by atomic mass is 28.3. The number of hydrogen-bond acceptors (Lipinski definition) is 3. The van der Waals surface area contributed by atoms with Crippen molar-refractivity contribution in [3.63, 3.8) is 0 Å². The molecule has 0 N–H and O–H groups in total. The molecule has 1 aliphatic rings. The maximum absolute atomic E-state index is 5.11. The van der Waals surface area contributed by atoms with Crippen molar-refractivity contribution in [2.24, 2.45) is 0 Å². The van der Waals surface area contributed by atoms with Crippen LogP contribution >= 0.6 is 0 Å². The average Bonchev–Trinajstić information content (AvgIpc) is 3.84. The molecule has 0 fully saturated rings. The van der Waals surface area contributed by atoms with Crippen LogP contribution in [-0.4, -0.2) is 30.3 Å². The van der Waals surface area contributed by atoms with Crippen molar-refractivity contribution in [1.29, 1.82) is 0 Å². The zero-order valence-corrected chi connectivity index (χ0v) is 35.1. The van der Waals surface area contributed by atoms with E-state index in [0.717, 1.165) is 23.5 Å². The molecule has 9 aromatic rings. The summed E-state index contributed by atoms with van der Waals surface area (Å²) >= 11 is 0. The van der Waals surface area contributed by atoms with Crippen LogP contribution < -0.4 is 30.5 Å². The lowest BCUT2D eigenvalue weighted by Gasteiger charge is -2.35. The van der Waals surface area contributed by atoms with Crippen molar-refractivity contribution in [2.45, 2.75) is 39.7 Å². The fourth-order valence-corrected chi connectivity index (χ4v) is 14.4. The minimum absolute atomic E-state index is 0.380. The van der Waals surface area contributed by atoms with Crippen LogP contribution in [0.4, 0.5) is 17.1 Å². The molecule has 59 heavy (non-hydrogen) atoms. The van der Waals surface area contributed by atoms with Gasteiger partial charge in [-0.05, 0) is 106 Å². The molecule has 7 aromatic carbocycles. The zero-order chi connectivity index (χ0) is 40.1. The number of rotatable bonds is 9. The van der Waals surface area contributed by atoms with E-state index in [9.17, 15) is 0 Å². The molecule has 0 aliphatic carbocycles. The molecule has 288 valence electrons. The first-order chi connectivity index (χ1) is 28.9. The van der Waals surface area contributed by atoms with E-state index in [1.165, 1.54) is 65.3 Å². The summed E-state index contributed by atoms with van der Waals surface area (Å²) in [6, 6.07) is 70.5. The van der Waals surface area contributed by atoms with E-state index in [-0.39, 0.29) is 0 Å². The summed E-state index contributed by atoms with van der Waals surface area (Å²) in [5.41, 5.74) is 9.82. The number of hydrogen-bond donors (Lipinski definition) is 0. The number of anilines is 3. The van der Waals surface area contributed by atoms with Crippen molar-refractivity contribution in [1.82, 2.24) is 9.55 Å². The molecule has 0 saturated heterocycles. The number of benzene rings is 7. The quantitative estimate of drug-likeness (QED) is 0.108. The molecular formula is C54H48N4Si. The molecule has 3 heterocycles. The van der Waals surface area contributed by atoms with Gasteiger partial charge in [-0.2, -0.15) is 0 Å². The van der Waals surface area contributed by atoms with Gasteiger partial charge in [0.15, 0.2) is 8.07 Å². The monoisotopic (exact) mass is 780 g/mol. The van der Waals surface area contributed by atoms with E-state index in [1.54, 1.807) is 0 Å². The van der Waals surface area contributed by atoms with Gasteiger partial charge >= 0.3 is 0 Å². The Morgan fingerprint density at radius 2 is 1.14 bits per heavy atom. The standard InChI is InChI=1S/C54H48N4Si/c1-38(2)46-24-11-12-25-47(46)40-32-33-55-54(34-40)58-50-27-14-13-26-48(50)49-31-30-45(36-53(49)58)59(42-19-7-5-8-20-42,43-21-9-6-10-22-43)44-23-17-18-41(35-44)57-37-56(39(3)4)51-28-15-16-29-52(51)57/h5-36,38-39H,37H2,1-4H3. The first-order valence-electron chi connectivity index (χ1n) is 20.9. The number of para-hydroxylation sites is 3. The highest BCUT2D eigenvalue weighted by Crippen LogP contribution is 2.41. The van der Waals surface area contributed by atoms with E-state index < -0.39 is 8.07 Å². The van der Waals surface area contributed by atoms with Gasteiger partial charge in [0.1, 0.15) is 5.82 Å². The molecule has 5 heteroatoms. The van der Waals surface area contributed by atoms with E-state index in [4.69, 9.17) is 4.98 Å². The molecule has 0 bridgehead atoms. The van der Waals surface area contributed by atoms with E-state index in [0.29, 0.717) is 12.0 Å². The van der Waals surface area contributed by atoms with Crippen molar-refractivity contribution >= 4 is 67.7 Å². The molecule has 0 spiro atoms. The Balaban J connectivity index is 1.23. The Morgan fingerprint density at radius 3 is 1.88 bits per heavy atom. The Labute approximate surface area is 348 Å². The molecule has 0 atom stereocenters. The third-order valence-corrected chi connectivity index (χ3v) is 17.1. The van der Waals surface area contributed by atoms with Gasteiger partial charge in [-0.25, -0.2) is 4.98 Å². The molecule has 0 amide bonds. The molecule has 0 unspecified atom stereocenters. The highest BCUT2D eigenvalue weighted by molar-refractivity contribution is 7.20. The second kappa shape index (κ2) is 14.9. The van der Waals surface area contributed by atoms with Crippen LogP contribution in [-0.2, 0) is 0 Å². The lowest BCUT2D eigenvalue weighted by molar-refractivity contribution is 0.709. The van der Waals surface area contributed by atoms with Gasteiger partial charge < -0.3 is 9.80 Å². The molecule has 0 saturated carbocycles. The lowest BCUT2D eigenvalue weighted by Crippen LogP contribution is -2.74. The summed E-state index contributed by atoms with van der Waals surface area (Å²) in [6.45, 7) is 9.91. The van der Waals surface area contributed by atoms with Gasteiger partial charge in [0.25, 0.3) is 0 Å². The highest BCUT2D eigenvalue weighted by Gasteiger charge is 2.42. The van der Waals surface area contributed by atoms with E-state index in [1.807, 2.05) is 6.20 Å². The van der Waals surface area contributed by atoms with Gasteiger partial charge in [0.2, 0.25) is 0 Å². The molecule has 2 aromatic heterocycles. The smallest absolute Gasteiger partial charge is 0.179 e. The first-order valence-corrected chi connectivity index (χ1v) is 22.9. The second-order valence-electron chi connectivity index (χ2n) is 16.4. The SMILES string of the molecule is CC(C)c1ccccc1-c1ccnc(-n2c3ccccc3c3ccc([Si](c4ccccc4)(c4ccccc4)c4cccc(N5CN(C(C)C)c6ccccc65)c4)cc32)c1. The first kappa shape index (κ1) is 36.6. The van der Waals surface area contributed by atoms with Crippen LogP contribution in [0, 0.1) is 0 Å². The Kier molecular flexibility index (Phi) is 9.26. The van der Waals surface area contributed by atoms with Crippen LogP contribution in [0.25, 0.3) is 38.8 Å². The van der Waals surface area contributed by atoms with Gasteiger partial charge in [-0.15, -0.1) is 0 Å². The maximum atomic E-state index is 5.11. The van der Waals surface area contributed by atoms with Crippen molar-refractivity contribution in [3.8, 4) is 16.9 Å². The summed E-state index contributed by atoms with van der Waals surface area (Å²) < 4.78 is 2.39. The predicted octanol–water partition coefficient (Wildman–Crippen LogP) is 10.7. The van der Waals surface area contributed by atoms with Gasteiger partial charge in [-0.1, -0.05) is 153 Å². The molecule has 0 radical (unpaired) electrons. The third-order valence-electron chi connectivity index (χ3n) is 12.4. The van der Waals surface area contributed by atoms with Gasteiger partial charge in [-0.3, -0.25) is 4.57 Å². The van der Waals surface area contributed by atoms with Crippen LogP contribution in [0.3, 0.4) is 0 Å². The number of aromatic nitrogens is 2. The van der Waals surface area contributed by atoms with E-state index in [2.05, 4.69) is 230 Å². The third kappa shape index (κ3) is 6.07. The fourth-order valence-electron chi connectivity index (χ4n) is 9.61. The number of fused-ring (bicyclic) bond motifs is 4. The molecular weight excluding hydrogens is 733 g/mol. The topological polar surface area (TPSA) is 24.3 Å². The average molecular weight is 781 g/mol. The Morgan fingerprint density at radius 1 is 0.508 bits per heavy atom. The second-order valence-corrected chi connectivity index (χ2v) is 20.2. The summed E-state index contributed by atoms with van der Waals surface area (Å²) in [6.07, 6.45) is 1.97. The number of nitrogens with zero attached hydrogens (tertiary/aromatic N) is 4. The number of pyridine rings is 1. The largest absolute Gasteiger partial charge is 0.349 e. The minimum atomic E-state index is -2.96. The Hall–Kier alpha value is -6.69. The maximum Gasteiger partial charge on any atom is 0.179 e. The van der Waals surface area contributed by atoms with Gasteiger partial charge in [0.05, 0.1) is 29.1 Å². The van der Waals surface area contributed by atoms with E-state index >= 15 is 0 Å².